The van der Waals surface area contributed by atoms with Gasteiger partial charge in [-0.3, -0.25) is 0 Å². The predicted octanol–water partition coefficient (Wildman–Crippen LogP) is 3.75. The van der Waals surface area contributed by atoms with Gasteiger partial charge in [0.05, 0.1) is 11.6 Å². The molecule has 0 spiro atoms. The van der Waals surface area contributed by atoms with Crippen molar-refractivity contribution in [3.05, 3.63) is 66.2 Å². The molecule has 0 amide bonds. The molecule has 0 saturated carbocycles. The van der Waals surface area contributed by atoms with E-state index in [0.29, 0.717) is 0 Å². The summed E-state index contributed by atoms with van der Waals surface area (Å²) in [5, 5.41) is 0. The van der Waals surface area contributed by atoms with Crippen LogP contribution in [0.4, 0.5) is 0 Å². The van der Waals surface area contributed by atoms with Gasteiger partial charge in [0, 0.05) is 5.56 Å². The number of aryl methyl sites for hydroxylation is 2. The van der Waals surface area contributed by atoms with Gasteiger partial charge in [0.15, 0.2) is 7.05 Å². The largest absolute Gasteiger partial charge is 0.262 e. The van der Waals surface area contributed by atoms with Crippen molar-refractivity contribution in [1.29, 1.82) is 0 Å². The van der Waals surface area contributed by atoms with E-state index < -0.39 is 0 Å². The minimum atomic E-state index is 0.888. The highest BCUT2D eigenvalue weighted by molar-refractivity contribution is 5.64. The molecule has 0 radical (unpaired) electrons. The lowest BCUT2D eigenvalue weighted by atomic mass is 10.1. The van der Waals surface area contributed by atoms with Gasteiger partial charge in [-0.1, -0.05) is 48.0 Å². The fourth-order valence-corrected chi connectivity index (χ4v) is 2.17. The fraction of sp³-hybridized carbons (Fsp3) is 0.118. The quantitative estimate of drug-likeness (QED) is 0.633. The van der Waals surface area contributed by atoms with Crippen LogP contribution < -0.4 is 4.74 Å². The molecule has 0 aliphatic carbocycles. The molecule has 0 fully saturated rings. The second-order valence-corrected chi connectivity index (χ2v) is 4.71. The number of rotatable bonds is 2. The minimum Gasteiger partial charge on any atom is -0.236 e. The first-order chi connectivity index (χ1) is 9.24. The third-order valence-corrected chi connectivity index (χ3v) is 3.25. The Bertz CT molecular complexity index is 681. The van der Waals surface area contributed by atoms with Gasteiger partial charge >= 0.3 is 0 Å². The standard InChI is InChI=1S/C17H16NO/c1-13-8-10-14(11-9-13)16-12-17(19-18(16)2)15-6-4-3-5-7-15/h3-12H,1-2H3/q+1. The summed E-state index contributed by atoms with van der Waals surface area (Å²) in [5.74, 6) is 0.888. The molecule has 2 aromatic carbocycles. The zero-order valence-electron chi connectivity index (χ0n) is 11.1. The van der Waals surface area contributed by atoms with Gasteiger partial charge in [-0.15, -0.1) is 0 Å². The average molecular weight is 250 g/mol. The van der Waals surface area contributed by atoms with Crippen molar-refractivity contribution in [1.82, 2.24) is 0 Å². The van der Waals surface area contributed by atoms with Crippen LogP contribution in [0.15, 0.2) is 65.2 Å². The lowest BCUT2D eigenvalue weighted by Gasteiger charge is -1.93. The Kier molecular flexibility index (Phi) is 2.92. The van der Waals surface area contributed by atoms with Crippen LogP contribution in [-0.2, 0) is 7.05 Å². The van der Waals surface area contributed by atoms with Gasteiger partial charge in [0.2, 0.25) is 5.76 Å². The number of hydrogen-bond donors (Lipinski definition) is 0. The Morgan fingerprint density at radius 3 is 2.21 bits per heavy atom. The molecule has 19 heavy (non-hydrogen) atoms. The van der Waals surface area contributed by atoms with E-state index in [-0.39, 0.29) is 0 Å². The Morgan fingerprint density at radius 2 is 1.53 bits per heavy atom. The van der Waals surface area contributed by atoms with Gasteiger partial charge in [0.25, 0.3) is 5.69 Å². The smallest absolute Gasteiger partial charge is 0.236 e. The van der Waals surface area contributed by atoms with E-state index in [1.54, 1.807) is 0 Å². The van der Waals surface area contributed by atoms with Crippen molar-refractivity contribution < 1.29 is 9.26 Å². The van der Waals surface area contributed by atoms with E-state index in [0.717, 1.165) is 17.0 Å². The molecular formula is C17H16NO+. The normalized spacial score (nSPS) is 10.6. The van der Waals surface area contributed by atoms with E-state index in [1.165, 1.54) is 11.1 Å². The molecule has 3 aromatic rings. The molecule has 1 heterocycles. The van der Waals surface area contributed by atoms with E-state index in [4.69, 9.17) is 4.52 Å². The van der Waals surface area contributed by atoms with Crippen LogP contribution in [0, 0.1) is 6.92 Å². The SMILES string of the molecule is Cc1ccc(-c2cc(-c3ccccc3)o[n+]2C)cc1. The number of nitrogens with zero attached hydrogens (tertiary/aromatic N) is 1. The molecule has 0 saturated heterocycles. The number of aromatic nitrogens is 1. The number of benzene rings is 2. The summed E-state index contributed by atoms with van der Waals surface area (Å²) < 4.78 is 7.61. The van der Waals surface area contributed by atoms with Crippen molar-refractivity contribution in [2.45, 2.75) is 6.92 Å². The zero-order valence-corrected chi connectivity index (χ0v) is 11.1. The van der Waals surface area contributed by atoms with Crippen LogP contribution in [0.5, 0.6) is 0 Å². The van der Waals surface area contributed by atoms with Gasteiger partial charge < -0.3 is 0 Å². The molecule has 3 rings (SSSR count). The third kappa shape index (κ3) is 2.29. The molecular weight excluding hydrogens is 234 g/mol. The maximum atomic E-state index is 5.80. The maximum Gasteiger partial charge on any atom is 0.262 e. The molecule has 1 aromatic heterocycles. The summed E-state index contributed by atoms with van der Waals surface area (Å²) in [6.07, 6.45) is 0. The highest BCUT2D eigenvalue weighted by Crippen LogP contribution is 2.24. The van der Waals surface area contributed by atoms with Gasteiger partial charge in [-0.25, -0.2) is 4.52 Å². The highest BCUT2D eigenvalue weighted by Gasteiger charge is 2.18. The molecule has 2 heteroatoms. The van der Waals surface area contributed by atoms with Crippen molar-refractivity contribution in [2.24, 2.45) is 7.05 Å². The Balaban J connectivity index is 2.05. The summed E-state index contributed by atoms with van der Waals surface area (Å²) in [6.45, 7) is 2.09. The molecule has 0 aliphatic rings. The van der Waals surface area contributed by atoms with Crippen LogP contribution in [0.2, 0.25) is 0 Å². The van der Waals surface area contributed by atoms with Crippen molar-refractivity contribution >= 4 is 0 Å². The summed E-state index contributed by atoms with van der Waals surface area (Å²) in [4.78, 5) is 0. The molecule has 94 valence electrons. The van der Waals surface area contributed by atoms with E-state index in [9.17, 15) is 0 Å². The molecule has 0 unspecified atom stereocenters. The van der Waals surface area contributed by atoms with Crippen LogP contribution in [-0.4, -0.2) is 0 Å². The summed E-state index contributed by atoms with van der Waals surface area (Å²) >= 11 is 0. The van der Waals surface area contributed by atoms with E-state index in [1.807, 2.05) is 30.0 Å². The van der Waals surface area contributed by atoms with Crippen molar-refractivity contribution in [3.63, 3.8) is 0 Å². The van der Waals surface area contributed by atoms with E-state index in [2.05, 4.69) is 49.4 Å². The van der Waals surface area contributed by atoms with Crippen molar-refractivity contribution in [2.75, 3.05) is 0 Å². The topological polar surface area (TPSA) is 17.0 Å². The predicted molar refractivity (Wildman–Crippen MR) is 75.5 cm³/mol. The summed E-state index contributed by atoms with van der Waals surface area (Å²) in [5.41, 5.74) is 4.60. The number of hydrogen-bond acceptors (Lipinski definition) is 1. The molecule has 0 aliphatic heterocycles. The first-order valence-electron chi connectivity index (χ1n) is 6.37. The summed E-state index contributed by atoms with van der Waals surface area (Å²) in [6, 6.07) is 20.7. The first kappa shape index (κ1) is 11.7. The van der Waals surface area contributed by atoms with Crippen LogP contribution in [0.3, 0.4) is 0 Å². The Labute approximate surface area is 112 Å². The Hall–Kier alpha value is -2.35. The van der Waals surface area contributed by atoms with Crippen LogP contribution in [0.25, 0.3) is 22.6 Å². The van der Waals surface area contributed by atoms with Crippen molar-refractivity contribution in [3.8, 4) is 22.6 Å². The first-order valence-corrected chi connectivity index (χ1v) is 6.37. The van der Waals surface area contributed by atoms with Gasteiger partial charge in [0.1, 0.15) is 0 Å². The minimum absolute atomic E-state index is 0.888. The fourth-order valence-electron chi connectivity index (χ4n) is 2.17. The van der Waals surface area contributed by atoms with Gasteiger partial charge in [-0.2, -0.15) is 0 Å². The lowest BCUT2D eigenvalue weighted by Crippen LogP contribution is -2.26. The maximum absolute atomic E-state index is 5.80. The zero-order chi connectivity index (χ0) is 13.2. The highest BCUT2D eigenvalue weighted by atomic mass is 16.5. The molecule has 0 bridgehead atoms. The second kappa shape index (κ2) is 4.73. The van der Waals surface area contributed by atoms with E-state index >= 15 is 0 Å². The lowest BCUT2D eigenvalue weighted by molar-refractivity contribution is -0.834. The average Bonchev–Trinajstić information content (AvgIpc) is 2.83. The Morgan fingerprint density at radius 1 is 0.842 bits per heavy atom. The third-order valence-electron chi connectivity index (χ3n) is 3.25. The summed E-state index contributed by atoms with van der Waals surface area (Å²) in [7, 11) is 1.93. The second-order valence-electron chi connectivity index (χ2n) is 4.71. The van der Waals surface area contributed by atoms with Gasteiger partial charge in [-0.05, 0) is 23.8 Å². The molecule has 0 N–H and O–H groups in total. The monoisotopic (exact) mass is 250 g/mol. The van der Waals surface area contributed by atoms with Crippen LogP contribution in [0.1, 0.15) is 5.56 Å². The molecule has 0 atom stereocenters. The molecule has 2 nitrogen and oxygen atoms in total. The van der Waals surface area contributed by atoms with Crippen LogP contribution >= 0.6 is 0 Å².